The fourth-order valence-electron chi connectivity index (χ4n) is 0.611. The minimum absolute atomic E-state index is 0.367. The van der Waals surface area contributed by atoms with Crippen LogP contribution in [0.5, 0.6) is 0 Å². The van der Waals surface area contributed by atoms with Crippen LogP contribution in [-0.2, 0) is 0 Å². The first-order valence-corrected chi connectivity index (χ1v) is 3.53. The molecule has 5 heteroatoms. The Kier molecular flexibility index (Phi) is 2.46. The molecule has 0 heterocycles. The highest BCUT2D eigenvalue weighted by Crippen LogP contribution is 2.25. The van der Waals surface area contributed by atoms with Crippen LogP contribution in [0.25, 0.3) is 10.4 Å². The molecule has 0 aliphatic heterocycles. The van der Waals surface area contributed by atoms with E-state index >= 15 is 0 Å². The first-order valence-electron chi connectivity index (χ1n) is 2.74. The zero-order valence-electron chi connectivity index (χ0n) is 5.33. The van der Waals surface area contributed by atoms with Gasteiger partial charge in [0.2, 0.25) is 0 Å². The van der Waals surface area contributed by atoms with Gasteiger partial charge in [-0.15, -0.1) is 0 Å². The van der Waals surface area contributed by atoms with Gasteiger partial charge < -0.3 is 0 Å². The SMILES string of the molecule is [N-]=[N+]=Nc1ccc(F)cc1Br. The lowest BCUT2D eigenvalue weighted by molar-refractivity contribution is 0.627. The van der Waals surface area contributed by atoms with Gasteiger partial charge in [-0.1, -0.05) is 21.0 Å². The Bertz CT molecular complexity index is 320. The maximum Gasteiger partial charge on any atom is 0.124 e. The lowest BCUT2D eigenvalue weighted by atomic mass is 10.3. The van der Waals surface area contributed by atoms with Crippen molar-refractivity contribution in [1.29, 1.82) is 0 Å². The summed E-state index contributed by atoms with van der Waals surface area (Å²) in [6, 6.07) is 3.87. The van der Waals surface area contributed by atoms with Crippen LogP contribution in [0.4, 0.5) is 10.1 Å². The highest BCUT2D eigenvalue weighted by Gasteiger charge is 1.97. The molecule has 0 saturated carbocycles. The van der Waals surface area contributed by atoms with Crippen LogP contribution < -0.4 is 0 Å². The van der Waals surface area contributed by atoms with Gasteiger partial charge >= 0.3 is 0 Å². The molecule has 0 saturated heterocycles. The molecule has 0 radical (unpaired) electrons. The molecule has 0 bridgehead atoms. The topological polar surface area (TPSA) is 48.8 Å². The highest BCUT2D eigenvalue weighted by molar-refractivity contribution is 9.10. The summed E-state index contributed by atoms with van der Waals surface area (Å²) in [5, 5.41) is 3.31. The molecule has 1 aromatic rings. The molecule has 0 unspecified atom stereocenters. The van der Waals surface area contributed by atoms with Crippen molar-refractivity contribution >= 4 is 21.6 Å². The van der Waals surface area contributed by atoms with Gasteiger partial charge in [-0.2, -0.15) is 0 Å². The Hall–Kier alpha value is -1.06. The molecule has 0 atom stereocenters. The van der Waals surface area contributed by atoms with Gasteiger partial charge in [0.15, 0.2) is 0 Å². The van der Waals surface area contributed by atoms with E-state index in [1.807, 2.05) is 0 Å². The van der Waals surface area contributed by atoms with E-state index in [2.05, 4.69) is 26.0 Å². The van der Waals surface area contributed by atoms with E-state index in [1.54, 1.807) is 0 Å². The predicted octanol–water partition coefficient (Wildman–Crippen LogP) is 3.53. The molecule has 0 N–H and O–H groups in total. The summed E-state index contributed by atoms with van der Waals surface area (Å²) < 4.78 is 12.9. The normalized spacial score (nSPS) is 8.91. The molecule has 56 valence electrons. The van der Waals surface area contributed by atoms with E-state index in [0.29, 0.717) is 10.2 Å². The molecule has 0 aliphatic rings. The van der Waals surface area contributed by atoms with Crippen molar-refractivity contribution in [3.05, 3.63) is 38.9 Å². The van der Waals surface area contributed by atoms with Crippen molar-refractivity contribution in [2.75, 3.05) is 0 Å². The second-order valence-electron chi connectivity index (χ2n) is 1.79. The van der Waals surface area contributed by atoms with Crippen LogP contribution in [0.1, 0.15) is 0 Å². The van der Waals surface area contributed by atoms with E-state index in [4.69, 9.17) is 5.53 Å². The molecule has 1 aromatic carbocycles. The number of hydrogen-bond acceptors (Lipinski definition) is 1. The van der Waals surface area contributed by atoms with E-state index in [-0.39, 0.29) is 5.82 Å². The average Bonchev–Trinajstić information content (AvgIpc) is 1.95. The van der Waals surface area contributed by atoms with Crippen molar-refractivity contribution < 1.29 is 4.39 Å². The van der Waals surface area contributed by atoms with E-state index in [9.17, 15) is 4.39 Å². The van der Waals surface area contributed by atoms with Gasteiger partial charge in [-0.05, 0) is 23.7 Å². The van der Waals surface area contributed by atoms with Gasteiger partial charge in [0.25, 0.3) is 0 Å². The van der Waals surface area contributed by atoms with Crippen molar-refractivity contribution in [3.63, 3.8) is 0 Å². The third-order valence-electron chi connectivity index (χ3n) is 1.06. The maximum atomic E-state index is 12.4. The lowest BCUT2D eigenvalue weighted by Gasteiger charge is -1.94. The van der Waals surface area contributed by atoms with Crippen molar-refractivity contribution in [1.82, 2.24) is 0 Å². The quantitative estimate of drug-likeness (QED) is 0.391. The van der Waals surface area contributed by atoms with Crippen LogP contribution in [0.15, 0.2) is 27.8 Å². The molecular weight excluding hydrogens is 213 g/mol. The number of hydrogen-bond donors (Lipinski definition) is 0. The summed E-state index contributed by atoms with van der Waals surface area (Å²) in [5.74, 6) is -0.367. The van der Waals surface area contributed by atoms with Crippen LogP contribution in [0.2, 0.25) is 0 Å². The zero-order chi connectivity index (χ0) is 8.27. The van der Waals surface area contributed by atoms with Gasteiger partial charge in [0.05, 0.1) is 5.69 Å². The summed E-state index contributed by atoms with van der Waals surface area (Å²) in [4.78, 5) is 2.57. The molecule has 11 heavy (non-hydrogen) atoms. The summed E-state index contributed by atoms with van der Waals surface area (Å²) >= 11 is 3.04. The van der Waals surface area contributed by atoms with Crippen molar-refractivity contribution in [3.8, 4) is 0 Å². The highest BCUT2D eigenvalue weighted by atomic mass is 79.9. The Morgan fingerprint density at radius 3 is 2.82 bits per heavy atom. The molecule has 3 nitrogen and oxygen atoms in total. The molecule has 0 fully saturated rings. The second-order valence-corrected chi connectivity index (χ2v) is 2.64. The largest absolute Gasteiger partial charge is 0.207 e. The van der Waals surface area contributed by atoms with Crippen LogP contribution >= 0.6 is 15.9 Å². The van der Waals surface area contributed by atoms with Crippen molar-refractivity contribution in [2.24, 2.45) is 5.11 Å². The molecule has 1 rings (SSSR count). The fourth-order valence-corrected chi connectivity index (χ4v) is 1.04. The minimum Gasteiger partial charge on any atom is -0.207 e. The molecule has 0 aliphatic carbocycles. The Morgan fingerprint density at radius 1 is 1.55 bits per heavy atom. The molecule has 0 amide bonds. The van der Waals surface area contributed by atoms with Crippen LogP contribution in [-0.4, -0.2) is 0 Å². The molecule has 0 spiro atoms. The number of nitrogens with zero attached hydrogens (tertiary/aromatic N) is 3. The third kappa shape index (κ3) is 1.93. The number of halogens is 2. The fraction of sp³-hybridized carbons (Fsp3) is 0. The number of azide groups is 1. The first-order chi connectivity index (χ1) is 5.24. The smallest absolute Gasteiger partial charge is 0.124 e. The minimum atomic E-state index is -0.367. The summed E-state index contributed by atoms with van der Waals surface area (Å²) in [6.45, 7) is 0. The van der Waals surface area contributed by atoms with Gasteiger partial charge in [0, 0.05) is 9.38 Å². The monoisotopic (exact) mass is 215 g/mol. The summed E-state index contributed by atoms with van der Waals surface area (Å²) in [5.41, 5.74) is 8.44. The maximum absolute atomic E-state index is 12.4. The number of rotatable bonds is 1. The summed E-state index contributed by atoms with van der Waals surface area (Å²) in [7, 11) is 0. The zero-order valence-corrected chi connectivity index (χ0v) is 6.92. The van der Waals surface area contributed by atoms with E-state index in [0.717, 1.165) is 0 Å². The standard InChI is InChI=1S/C6H3BrFN3/c7-5-3-4(8)1-2-6(5)10-11-9/h1-3H. The Morgan fingerprint density at radius 2 is 2.27 bits per heavy atom. The second kappa shape index (κ2) is 3.37. The van der Waals surface area contributed by atoms with E-state index < -0.39 is 0 Å². The predicted molar refractivity (Wildman–Crippen MR) is 42.9 cm³/mol. The van der Waals surface area contributed by atoms with Crippen molar-refractivity contribution in [2.45, 2.75) is 0 Å². The van der Waals surface area contributed by atoms with E-state index in [1.165, 1.54) is 18.2 Å². The van der Waals surface area contributed by atoms with Gasteiger partial charge in [0.1, 0.15) is 5.82 Å². The first kappa shape index (κ1) is 8.04. The van der Waals surface area contributed by atoms with Gasteiger partial charge in [-0.3, -0.25) is 0 Å². The summed E-state index contributed by atoms with van der Waals surface area (Å²) in [6.07, 6.45) is 0. The van der Waals surface area contributed by atoms with Crippen LogP contribution in [0, 0.1) is 5.82 Å². The Balaban J connectivity index is 3.19. The number of benzene rings is 1. The Labute approximate surface area is 70.6 Å². The van der Waals surface area contributed by atoms with Gasteiger partial charge in [-0.25, -0.2) is 4.39 Å². The molecular formula is C6H3BrFN3. The molecule has 0 aromatic heterocycles. The van der Waals surface area contributed by atoms with Crippen LogP contribution in [0.3, 0.4) is 0 Å². The average molecular weight is 216 g/mol. The third-order valence-corrected chi connectivity index (χ3v) is 1.70. The lowest BCUT2D eigenvalue weighted by Crippen LogP contribution is -1.72.